The summed E-state index contributed by atoms with van der Waals surface area (Å²) in [6.45, 7) is 0. The first-order valence-electron chi connectivity index (χ1n) is 7.01. The zero-order chi connectivity index (χ0) is 16.9. The lowest BCUT2D eigenvalue weighted by Crippen LogP contribution is -2.30. The Morgan fingerprint density at radius 1 is 1.38 bits per heavy atom. The number of rotatable bonds is 6. The van der Waals surface area contributed by atoms with Gasteiger partial charge in [-0.15, -0.1) is 16.4 Å². The number of nitrogens with one attached hydrogen (secondary N) is 2. The highest BCUT2D eigenvalue weighted by molar-refractivity contribution is 7.99. The number of nitrogens with two attached hydrogens (primary N) is 1. The summed E-state index contributed by atoms with van der Waals surface area (Å²) in [6.07, 6.45) is 0. The van der Waals surface area contributed by atoms with Crippen molar-refractivity contribution in [1.82, 2.24) is 20.5 Å². The molecule has 0 saturated carbocycles. The molecule has 4 N–H and O–H groups in total. The molecule has 0 unspecified atom stereocenters. The van der Waals surface area contributed by atoms with Crippen LogP contribution in [0.15, 0.2) is 46.9 Å². The van der Waals surface area contributed by atoms with E-state index in [1.807, 2.05) is 17.5 Å². The van der Waals surface area contributed by atoms with Crippen molar-refractivity contribution in [3.8, 4) is 0 Å². The Morgan fingerprint density at radius 2 is 2.17 bits per heavy atom. The van der Waals surface area contributed by atoms with E-state index in [2.05, 4.69) is 20.5 Å². The predicted octanol–water partition coefficient (Wildman–Crippen LogP) is 2.59. The highest BCUT2D eigenvalue weighted by Gasteiger charge is 2.18. The number of thioether (sulfide) groups is 1. The number of amides is 1. The van der Waals surface area contributed by atoms with Crippen LogP contribution in [0.1, 0.15) is 16.5 Å². The van der Waals surface area contributed by atoms with Crippen LogP contribution in [0, 0.1) is 5.82 Å². The number of halogens is 1. The minimum Gasteiger partial charge on any atom is -0.368 e. The van der Waals surface area contributed by atoms with Crippen molar-refractivity contribution in [3.63, 3.8) is 0 Å². The molecular formula is C15H14FN5OS2. The predicted molar refractivity (Wildman–Crippen MR) is 92.2 cm³/mol. The molecule has 124 valence electrons. The lowest BCUT2D eigenvalue weighted by atomic mass is 10.1. The van der Waals surface area contributed by atoms with Gasteiger partial charge >= 0.3 is 0 Å². The monoisotopic (exact) mass is 363 g/mol. The molecule has 2 aromatic heterocycles. The number of nitrogen functional groups attached to an aromatic ring is 1. The summed E-state index contributed by atoms with van der Waals surface area (Å²) in [5, 5.41) is 11.7. The molecule has 0 aliphatic rings. The lowest BCUT2D eigenvalue weighted by Gasteiger charge is -2.18. The van der Waals surface area contributed by atoms with Crippen LogP contribution < -0.4 is 11.1 Å². The van der Waals surface area contributed by atoms with Crippen molar-refractivity contribution in [3.05, 3.63) is 58.0 Å². The molecule has 0 fully saturated rings. The highest BCUT2D eigenvalue weighted by Crippen LogP contribution is 2.26. The largest absolute Gasteiger partial charge is 0.368 e. The number of benzene rings is 1. The molecule has 1 atom stereocenters. The van der Waals surface area contributed by atoms with Crippen molar-refractivity contribution in [2.45, 2.75) is 11.2 Å². The van der Waals surface area contributed by atoms with Gasteiger partial charge < -0.3 is 11.1 Å². The fraction of sp³-hybridized carbons (Fsp3) is 0.133. The molecule has 0 bridgehead atoms. The first kappa shape index (κ1) is 16.5. The Labute approximate surface area is 145 Å². The molecule has 1 aromatic carbocycles. The van der Waals surface area contributed by atoms with Crippen molar-refractivity contribution < 1.29 is 9.18 Å². The van der Waals surface area contributed by atoms with Crippen LogP contribution in [-0.4, -0.2) is 26.8 Å². The maximum Gasteiger partial charge on any atom is 0.231 e. The summed E-state index contributed by atoms with van der Waals surface area (Å²) >= 11 is 2.71. The van der Waals surface area contributed by atoms with E-state index in [-0.39, 0.29) is 29.5 Å². The molecule has 0 radical (unpaired) electrons. The van der Waals surface area contributed by atoms with Crippen LogP contribution in [0.4, 0.5) is 10.3 Å². The van der Waals surface area contributed by atoms with E-state index in [9.17, 15) is 9.18 Å². The number of H-pyrrole nitrogens is 1. The van der Waals surface area contributed by atoms with Gasteiger partial charge in [0.25, 0.3) is 0 Å². The summed E-state index contributed by atoms with van der Waals surface area (Å²) in [6, 6.07) is 9.62. The van der Waals surface area contributed by atoms with Crippen LogP contribution in [-0.2, 0) is 4.79 Å². The Hall–Kier alpha value is -2.39. The number of hydrogen-bond donors (Lipinski definition) is 3. The van der Waals surface area contributed by atoms with Crippen LogP contribution in [0.25, 0.3) is 0 Å². The second kappa shape index (κ2) is 7.45. The Morgan fingerprint density at radius 3 is 2.79 bits per heavy atom. The Kier molecular flexibility index (Phi) is 5.11. The number of hydrogen-bond acceptors (Lipinski definition) is 6. The molecule has 9 heteroatoms. The van der Waals surface area contributed by atoms with Gasteiger partial charge in [0.1, 0.15) is 5.82 Å². The minimum absolute atomic E-state index is 0.153. The SMILES string of the molecule is Nc1nc(SCC(=O)N[C@H](c2ccc(F)cc2)c2cccs2)n[nH]1. The van der Waals surface area contributed by atoms with E-state index >= 15 is 0 Å². The van der Waals surface area contributed by atoms with Crippen molar-refractivity contribution in [1.29, 1.82) is 0 Å². The molecule has 3 aromatic rings. The van der Waals surface area contributed by atoms with Crippen LogP contribution in [0.5, 0.6) is 0 Å². The van der Waals surface area contributed by atoms with E-state index in [1.165, 1.54) is 35.2 Å². The van der Waals surface area contributed by atoms with E-state index in [0.717, 1.165) is 10.4 Å². The third-order valence-corrected chi connectivity index (χ3v) is 4.94. The molecule has 3 rings (SSSR count). The number of carbonyl (C=O) groups excluding carboxylic acids is 1. The van der Waals surface area contributed by atoms with Crippen LogP contribution >= 0.6 is 23.1 Å². The summed E-state index contributed by atoms with van der Waals surface area (Å²) in [5.74, 6) is -0.125. The van der Waals surface area contributed by atoms with Crippen LogP contribution in [0.2, 0.25) is 0 Å². The fourth-order valence-corrected chi connectivity index (χ4v) is 3.50. The van der Waals surface area contributed by atoms with Gasteiger partial charge in [0.15, 0.2) is 0 Å². The molecule has 0 aliphatic carbocycles. The molecule has 24 heavy (non-hydrogen) atoms. The molecule has 0 spiro atoms. The number of aromatic amines is 1. The van der Waals surface area contributed by atoms with E-state index < -0.39 is 0 Å². The van der Waals surface area contributed by atoms with Gasteiger partial charge in [0.05, 0.1) is 11.8 Å². The Balaban J connectivity index is 1.69. The van der Waals surface area contributed by atoms with Gasteiger partial charge in [0, 0.05) is 4.88 Å². The normalized spacial score (nSPS) is 12.0. The van der Waals surface area contributed by atoms with Gasteiger partial charge in [-0.1, -0.05) is 30.0 Å². The third-order valence-electron chi connectivity index (χ3n) is 3.15. The fourth-order valence-electron chi connectivity index (χ4n) is 2.08. The van der Waals surface area contributed by atoms with Gasteiger partial charge in [-0.05, 0) is 29.1 Å². The molecular weight excluding hydrogens is 349 g/mol. The summed E-state index contributed by atoms with van der Waals surface area (Å²) < 4.78 is 13.2. The number of carbonyl (C=O) groups is 1. The zero-order valence-electron chi connectivity index (χ0n) is 12.4. The second-order valence-corrected chi connectivity index (χ2v) is 6.78. The van der Waals surface area contributed by atoms with E-state index in [0.29, 0.717) is 5.16 Å². The highest BCUT2D eigenvalue weighted by atomic mass is 32.2. The first-order valence-corrected chi connectivity index (χ1v) is 8.87. The summed E-state index contributed by atoms with van der Waals surface area (Å²) in [4.78, 5) is 17.2. The first-order chi connectivity index (χ1) is 11.6. The van der Waals surface area contributed by atoms with Gasteiger partial charge in [0.2, 0.25) is 17.0 Å². The zero-order valence-corrected chi connectivity index (χ0v) is 14.0. The Bertz CT molecular complexity index is 804. The topological polar surface area (TPSA) is 96.7 Å². The number of nitrogens with zero attached hydrogens (tertiary/aromatic N) is 2. The van der Waals surface area contributed by atoms with Gasteiger partial charge in [-0.25, -0.2) is 9.49 Å². The van der Waals surface area contributed by atoms with E-state index in [1.54, 1.807) is 12.1 Å². The summed E-state index contributed by atoms with van der Waals surface area (Å²) in [5.41, 5.74) is 6.26. The number of anilines is 1. The molecule has 2 heterocycles. The van der Waals surface area contributed by atoms with Crippen LogP contribution in [0.3, 0.4) is 0 Å². The molecule has 6 nitrogen and oxygen atoms in total. The average Bonchev–Trinajstić information content (AvgIpc) is 3.23. The number of aromatic nitrogens is 3. The van der Waals surface area contributed by atoms with Gasteiger partial charge in [-0.2, -0.15) is 4.98 Å². The smallest absolute Gasteiger partial charge is 0.231 e. The average molecular weight is 363 g/mol. The van der Waals surface area contributed by atoms with Crippen molar-refractivity contribution >= 4 is 35.0 Å². The quantitative estimate of drug-likeness (QED) is 0.585. The molecule has 0 saturated heterocycles. The third kappa shape index (κ3) is 4.12. The van der Waals surface area contributed by atoms with Gasteiger partial charge in [-0.3, -0.25) is 4.79 Å². The maximum absolute atomic E-state index is 13.2. The minimum atomic E-state index is -0.323. The second-order valence-electron chi connectivity index (χ2n) is 4.86. The number of thiophene rings is 1. The van der Waals surface area contributed by atoms with E-state index in [4.69, 9.17) is 5.73 Å². The summed E-state index contributed by atoms with van der Waals surface area (Å²) in [7, 11) is 0. The van der Waals surface area contributed by atoms with Crippen molar-refractivity contribution in [2.24, 2.45) is 0 Å². The lowest BCUT2D eigenvalue weighted by molar-refractivity contribution is -0.119. The molecule has 1 amide bonds. The standard InChI is InChI=1S/C15H14FN5OS2/c16-10-5-3-9(4-6-10)13(11-2-1-7-23-11)18-12(22)8-24-15-19-14(17)20-21-15/h1-7,13H,8H2,(H,18,22)(H3,17,19,20,21)/t13-/m1/s1. The van der Waals surface area contributed by atoms with Crippen molar-refractivity contribution in [2.75, 3.05) is 11.5 Å². The molecule has 0 aliphatic heterocycles. The maximum atomic E-state index is 13.2.